The van der Waals surface area contributed by atoms with Crippen molar-refractivity contribution < 1.29 is 13.3 Å². The highest BCUT2D eigenvalue weighted by Crippen LogP contribution is 2.28. The fraction of sp³-hybridized carbons (Fsp3) is 0.500. The molecule has 0 atom stereocenters. The van der Waals surface area contributed by atoms with Gasteiger partial charge in [-0.2, -0.15) is 0 Å². The molecule has 116 valence electrons. The number of nitro benzene ring substituents is 1. The van der Waals surface area contributed by atoms with Gasteiger partial charge in [0.2, 0.25) is 10.0 Å². The average Bonchev–Trinajstić information content (AvgIpc) is 2.41. The summed E-state index contributed by atoms with van der Waals surface area (Å²) in [5, 5.41) is 13.9. The lowest BCUT2D eigenvalue weighted by molar-refractivity contribution is -0.384. The van der Waals surface area contributed by atoms with Gasteiger partial charge in [-0.1, -0.05) is 11.6 Å². The van der Waals surface area contributed by atoms with Crippen LogP contribution in [0, 0.1) is 16.0 Å². The third kappa shape index (κ3) is 4.55. The summed E-state index contributed by atoms with van der Waals surface area (Å²) in [6, 6.07) is 3.85. The van der Waals surface area contributed by atoms with E-state index in [9.17, 15) is 18.5 Å². The molecule has 1 aliphatic heterocycles. The molecule has 1 aromatic rings. The summed E-state index contributed by atoms with van der Waals surface area (Å²) in [6.07, 6.45) is 1.61. The summed E-state index contributed by atoms with van der Waals surface area (Å²) < 4.78 is 26.6. The molecule has 0 radical (unpaired) electrons. The molecule has 1 aliphatic rings. The normalized spacial score (nSPS) is 16.6. The summed E-state index contributed by atoms with van der Waals surface area (Å²) in [5.74, 6) is 0.122. The molecule has 2 N–H and O–H groups in total. The van der Waals surface area contributed by atoms with Gasteiger partial charge in [0.15, 0.2) is 0 Å². The van der Waals surface area contributed by atoms with Gasteiger partial charge >= 0.3 is 0 Å². The number of hydrogen-bond donors (Lipinski definition) is 2. The monoisotopic (exact) mass is 333 g/mol. The van der Waals surface area contributed by atoms with Gasteiger partial charge < -0.3 is 5.32 Å². The lowest BCUT2D eigenvalue weighted by atomic mass is 10.0. The van der Waals surface area contributed by atoms with Gasteiger partial charge in [-0.05, 0) is 44.0 Å². The first-order valence-electron chi connectivity index (χ1n) is 6.52. The summed E-state index contributed by atoms with van der Waals surface area (Å²) in [6.45, 7) is 1.62. The van der Waals surface area contributed by atoms with E-state index in [1.165, 1.54) is 12.1 Å². The molecule has 0 bridgehead atoms. The van der Waals surface area contributed by atoms with E-state index < -0.39 is 14.9 Å². The van der Waals surface area contributed by atoms with Crippen molar-refractivity contribution in [1.82, 2.24) is 5.32 Å². The number of anilines is 1. The molecule has 1 aromatic carbocycles. The van der Waals surface area contributed by atoms with Gasteiger partial charge in [-0.15, -0.1) is 0 Å². The molecule has 9 heteroatoms. The number of piperidine rings is 1. The Labute approximate surface area is 127 Å². The molecule has 0 spiro atoms. The predicted molar refractivity (Wildman–Crippen MR) is 81.1 cm³/mol. The summed E-state index contributed by atoms with van der Waals surface area (Å²) >= 11 is 5.69. The number of hydrogen-bond acceptors (Lipinski definition) is 5. The standard InChI is InChI=1S/C12H16ClN3O4S/c13-11-2-1-10(7-12(11)16(17)18)15-21(19,20)8-9-3-5-14-6-4-9/h1-2,7,9,14-15H,3-6,8H2. The zero-order valence-electron chi connectivity index (χ0n) is 11.2. The third-order valence-electron chi connectivity index (χ3n) is 3.33. The van der Waals surface area contributed by atoms with Gasteiger partial charge in [0, 0.05) is 6.07 Å². The Morgan fingerprint density at radius 3 is 2.67 bits per heavy atom. The van der Waals surface area contributed by atoms with Crippen LogP contribution in [0.25, 0.3) is 0 Å². The number of nitrogens with one attached hydrogen (secondary N) is 2. The second-order valence-electron chi connectivity index (χ2n) is 5.00. The molecular weight excluding hydrogens is 318 g/mol. The Morgan fingerprint density at radius 2 is 2.05 bits per heavy atom. The molecule has 21 heavy (non-hydrogen) atoms. The maximum atomic E-state index is 12.1. The summed E-state index contributed by atoms with van der Waals surface area (Å²) in [5.41, 5.74) is -0.168. The fourth-order valence-electron chi connectivity index (χ4n) is 2.30. The first-order chi connectivity index (χ1) is 9.87. The Hall–Kier alpha value is -1.38. The minimum atomic E-state index is -3.53. The maximum absolute atomic E-state index is 12.1. The molecule has 7 nitrogen and oxygen atoms in total. The molecule has 0 amide bonds. The number of benzene rings is 1. The molecule has 1 heterocycles. The van der Waals surface area contributed by atoms with Crippen LogP contribution in [0.2, 0.25) is 5.02 Å². The van der Waals surface area contributed by atoms with Crippen LogP contribution in [0.5, 0.6) is 0 Å². The van der Waals surface area contributed by atoms with Crippen LogP contribution in [-0.2, 0) is 10.0 Å². The highest BCUT2D eigenvalue weighted by molar-refractivity contribution is 7.92. The van der Waals surface area contributed by atoms with Gasteiger partial charge in [0.05, 0.1) is 16.4 Å². The Kier molecular flexibility index (Phi) is 5.02. The minimum absolute atomic E-state index is 0.0190. The highest BCUT2D eigenvalue weighted by atomic mass is 35.5. The summed E-state index contributed by atoms with van der Waals surface area (Å²) in [4.78, 5) is 10.1. The van der Waals surface area contributed by atoms with Crippen molar-refractivity contribution in [3.05, 3.63) is 33.3 Å². The zero-order valence-corrected chi connectivity index (χ0v) is 12.8. The van der Waals surface area contributed by atoms with Crippen LogP contribution < -0.4 is 10.0 Å². The number of nitro groups is 1. The molecule has 0 saturated carbocycles. The number of sulfonamides is 1. The molecule has 0 unspecified atom stereocenters. The SMILES string of the molecule is O=[N+]([O-])c1cc(NS(=O)(=O)CC2CCNCC2)ccc1Cl. The second kappa shape index (κ2) is 6.59. The van der Waals surface area contributed by atoms with E-state index in [0.717, 1.165) is 32.0 Å². The van der Waals surface area contributed by atoms with E-state index in [0.29, 0.717) is 0 Å². The lowest BCUT2D eigenvalue weighted by Gasteiger charge is -2.22. The molecule has 0 aliphatic carbocycles. The van der Waals surface area contributed by atoms with Gasteiger partial charge in [-0.3, -0.25) is 14.8 Å². The van der Waals surface area contributed by atoms with E-state index in [1.807, 2.05) is 0 Å². The Bertz CT molecular complexity index is 629. The van der Waals surface area contributed by atoms with Crippen molar-refractivity contribution in [3.8, 4) is 0 Å². The second-order valence-corrected chi connectivity index (χ2v) is 7.17. The topological polar surface area (TPSA) is 101 Å². The van der Waals surface area contributed by atoms with Crippen LogP contribution in [0.15, 0.2) is 18.2 Å². The van der Waals surface area contributed by atoms with Crippen molar-refractivity contribution >= 4 is 33.0 Å². The first-order valence-corrected chi connectivity index (χ1v) is 8.55. The number of nitrogens with zero attached hydrogens (tertiary/aromatic N) is 1. The van der Waals surface area contributed by atoms with Crippen LogP contribution in [0.1, 0.15) is 12.8 Å². The van der Waals surface area contributed by atoms with Crippen LogP contribution in [0.3, 0.4) is 0 Å². The average molecular weight is 334 g/mol. The van der Waals surface area contributed by atoms with Crippen molar-refractivity contribution in [3.63, 3.8) is 0 Å². The molecule has 2 rings (SSSR count). The van der Waals surface area contributed by atoms with E-state index >= 15 is 0 Å². The van der Waals surface area contributed by atoms with Crippen LogP contribution >= 0.6 is 11.6 Å². The van der Waals surface area contributed by atoms with E-state index in [1.54, 1.807) is 0 Å². The minimum Gasteiger partial charge on any atom is -0.317 e. The van der Waals surface area contributed by atoms with E-state index in [2.05, 4.69) is 10.0 Å². The molecule has 0 aromatic heterocycles. The van der Waals surface area contributed by atoms with Crippen molar-refractivity contribution in [2.24, 2.45) is 5.92 Å². The van der Waals surface area contributed by atoms with Crippen LogP contribution in [0.4, 0.5) is 11.4 Å². The highest BCUT2D eigenvalue weighted by Gasteiger charge is 2.22. The van der Waals surface area contributed by atoms with Gasteiger partial charge in [0.1, 0.15) is 5.02 Å². The van der Waals surface area contributed by atoms with E-state index in [4.69, 9.17) is 11.6 Å². The Balaban J connectivity index is 2.09. The molecular formula is C12H16ClN3O4S. The van der Waals surface area contributed by atoms with Crippen LogP contribution in [-0.4, -0.2) is 32.2 Å². The maximum Gasteiger partial charge on any atom is 0.289 e. The Morgan fingerprint density at radius 1 is 1.38 bits per heavy atom. The van der Waals surface area contributed by atoms with Gasteiger partial charge in [0.25, 0.3) is 5.69 Å². The fourth-order valence-corrected chi connectivity index (χ4v) is 4.01. The molecule has 1 saturated heterocycles. The molecule has 1 fully saturated rings. The van der Waals surface area contributed by atoms with Crippen molar-refractivity contribution in [2.45, 2.75) is 12.8 Å². The summed E-state index contributed by atoms with van der Waals surface area (Å²) in [7, 11) is -3.53. The number of halogens is 1. The van der Waals surface area contributed by atoms with Crippen molar-refractivity contribution in [2.75, 3.05) is 23.6 Å². The quantitative estimate of drug-likeness (QED) is 0.633. The smallest absolute Gasteiger partial charge is 0.289 e. The third-order valence-corrected chi connectivity index (χ3v) is 5.11. The first kappa shape index (κ1) is 16.0. The largest absolute Gasteiger partial charge is 0.317 e. The van der Waals surface area contributed by atoms with Gasteiger partial charge in [-0.25, -0.2) is 8.42 Å². The lowest BCUT2D eigenvalue weighted by Crippen LogP contribution is -2.33. The zero-order chi connectivity index (χ0) is 15.5. The number of rotatable bonds is 5. The van der Waals surface area contributed by atoms with E-state index in [-0.39, 0.29) is 28.1 Å². The van der Waals surface area contributed by atoms with Crippen molar-refractivity contribution in [1.29, 1.82) is 0 Å². The predicted octanol–water partition coefficient (Wildman–Crippen LogP) is 1.99.